The zero-order chi connectivity index (χ0) is 17.8. The maximum atomic E-state index is 11.5. The van der Waals surface area contributed by atoms with Crippen molar-refractivity contribution >= 4 is 29.1 Å². The van der Waals surface area contributed by atoms with E-state index in [-0.39, 0.29) is 5.97 Å². The Morgan fingerprint density at radius 3 is 2.28 bits per heavy atom. The zero-order valence-corrected chi connectivity index (χ0v) is 14.0. The van der Waals surface area contributed by atoms with Gasteiger partial charge in [-0.25, -0.2) is 14.8 Å². The van der Waals surface area contributed by atoms with Gasteiger partial charge in [-0.05, 0) is 38.1 Å². The standard InChI is InChI=1S/C17H17N5O3/c1-10-8-16(22-25-10)21-15-9-14(18-11(2)19-15)20-13-6-4-12(5-7-13)17(23)24-3/h4-9H,1-3H3,(H2,18,19,20,21,22). The van der Waals surface area contributed by atoms with Gasteiger partial charge in [-0.1, -0.05) is 5.16 Å². The van der Waals surface area contributed by atoms with Crippen LogP contribution in [-0.4, -0.2) is 28.2 Å². The topological polar surface area (TPSA) is 102 Å². The van der Waals surface area contributed by atoms with Gasteiger partial charge in [-0.3, -0.25) is 0 Å². The molecule has 0 unspecified atom stereocenters. The van der Waals surface area contributed by atoms with Gasteiger partial charge in [0.25, 0.3) is 0 Å². The van der Waals surface area contributed by atoms with Gasteiger partial charge in [-0.15, -0.1) is 0 Å². The highest BCUT2D eigenvalue weighted by atomic mass is 16.5. The molecule has 2 aromatic heterocycles. The Kier molecular flexibility index (Phi) is 4.60. The average Bonchev–Trinajstić information content (AvgIpc) is 2.99. The lowest BCUT2D eigenvalue weighted by molar-refractivity contribution is 0.0601. The number of esters is 1. The van der Waals surface area contributed by atoms with Crippen molar-refractivity contribution in [2.75, 3.05) is 17.7 Å². The quantitative estimate of drug-likeness (QED) is 0.682. The molecule has 3 rings (SSSR count). The fourth-order valence-electron chi connectivity index (χ4n) is 2.21. The molecule has 0 saturated carbocycles. The Hall–Kier alpha value is -3.42. The van der Waals surface area contributed by atoms with Crippen LogP contribution in [-0.2, 0) is 4.74 Å². The van der Waals surface area contributed by atoms with E-state index < -0.39 is 0 Å². The highest BCUT2D eigenvalue weighted by Gasteiger charge is 2.07. The van der Waals surface area contributed by atoms with Gasteiger partial charge in [0.15, 0.2) is 5.82 Å². The molecular formula is C17H17N5O3. The number of carbonyl (C=O) groups is 1. The van der Waals surface area contributed by atoms with Crippen LogP contribution in [0.15, 0.2) is 40.9 Å². The van der Waals surface area contributed by atoms with Crippen molar-refractivity contribution in [2.45, 2.75) is 13.8 Å². The third-order valence-corrected chi connectivity index (χ3v) is 3.30. The number of rotatable bonds is 5. The van der Waals surface area contributed by atoms with Crippen molar-refractivity contribution < 1.29 is 14.1 Å². The van der Waals surface area contributed by atoms with Crippen LogP contribution in [0.25, 0.3) is 0 Å². The molecule has 0 aliphatic rings. The van der Waals surface area contributed by atoms with E-state index >= 15 is 0 Å². The molecule has 8 heteroatoms. The Balaban J connectivity index is 1.77. The van der Waals surface area contributed by atoms with Crippen molar-refractivity contribution in [3.63, 3.8) is 0 Å². The highest BCUT2D eigenvalue weighted by molar-refractivity contribution is 5.89. The van der Waals surface area contributed by atoms with Crippen LogP contribution in [0.4, 0.5) is 23.1 Å². The van der Waals surface area contributed by atoms with E-state index in [1.165, 1.54) is 7.11 Å². The summed E-state index contributed by atoms with van der Waals surface area (Å²) in [5.41, 5.74) is 1.27. The Morgan fingerprint density at radius 1 is 1.00 bits per heavy atom. The normalized spacial score (nSPS) is 10.4. The largest absolute Gasteiger partial charge is 0.465 e. The molecule has 0 aliphatic carbocycles. The minimum absolute atomic E-state index is 0.376. The van der Waals surface area contributed by atoms with Gasteiger partial charge < -0.3 is 19.9 Å². The second-order valence-corrected chi connectivity index (χ2v) is 5.33. The monoisotopic (exact) mass is 339 g/mol. The average molecular weight is 339 g/mol. The van der Waals surface area contributed by atoms with E-state index in [9.17, 15) is 4.79 Å². The Labute approximate surface area is 144 Å². The number of methoxy groups -OCH3 is 1. The van der Waals surface area contributed by atoms with E-state index in [0.29, 0.717) is 34.6 Å². The first-order valence-electron chi connectivity index (χ1n) is 7.55. The number of aromatic nitrogens is 3. The van der Waals surface area contributed by atoms with Gasteiger partial charge in [0.2, 0.25) is 0 Å². The van der Waals surface area contributed by atoms with E-state index in [1.54, 1.807) is 43.3 Å². The minimum atomic E-state index is -0.376. The molecule has 2 heterocycles. The fourth-order valence-corrected chi connectivity index (χ4v) is 2.21. The Morgan fingerprint density at radius 2 is 1.68 bits per heavy atom. The number of anilines is 4. The summed E-state index contributed by atoms with van der Waals surface area (Å²) in [7, 11) is 1.35. The summed E-state index contributed by atoms with van der Waals surface area (Å²) in [6.07, 6.45) is 0. The lowest BCUT2D eigenvalue weighted by Gasteiger charge is -2.09. The van der Waals surface area contributed by atoms with Crippen LogP contribution in [0.2, 0.25) is 0 Å². The molecule has 0 bridgehead atoms. The molecule has 0 amide bonds. The Bertz CT molecular complexity index is 890. The minimum Gasteiger partial charge on any atom is -0.465 e. The number of benzene rings is 1. The number of hydrogen-bond donors (Lipinski definition) is 2. The first-order valence-corrected chi connectivity index (χ1v) is 7.55. The molecule has 0 saturated heterocycles. The van der Waals surface area contributed by atoms with Crippen LogP contribution in [0.5, 0.6) is 0 Å². The van der Waals surface area contributed by atoms with Crippen molar-refractivity contribution in [2.24, 2.45) is 0 Å². The molecule has 128 valence electrons. The van der Waals surface area contributed by atoms with Gasteiger partial charge in [0.1, 0.15) is 23.2 Å². The first-order chi connectivity index (χ1) is 12.0. The SMILES string of the molecule is COC(=O)c1ccc(Nc2cc(Nc3cc(C)on3)nc(C)n2)cc1. The molecule has 0 aliphatic heterocycles. The van der Waals surface area contributed by atoms with Crippen LogP contribution < -0.4 is 10.6 Å². The van der Waals surface area contributed by atoms with E-state index in [4.69, 9.17) is 4.52 Å². The van der Waals surface area contributed by atoms with Crippen LogP contribution >= 0.6 is 0 Å². The van der Waals surface area contributed by atoms with Crippen LogP contribution in [0, 0.1) is 13.8 Å². The summed E-state index contributed by atoms with van der Waals surface area (Å²) in [5.74, 6) is 2.70. The highest BCUT2D eigenvalue weighted by Crippen LogP contribution is 2.20. The maximum Gasteiger partial charge on any atom is 0.337 e. The van der Waals surface area contributed by atoms with Crippen molar-refractivity contribution in [1.29, 1.82) is 0 Å². The third-order valence-electron chi connectivity index (χ3n) is 3.30. The third kappa shape index (κ3) is 4.11. The molecular weight excluding hydrogens is 322 g/mol. The maximum absolute atomic E-state index is 11.5. The fraction of sp³-hybridized carbons (Fsp3) is 0.176. The second-order valence-electron chi connectivity index (χ2n) is 5.33. The predicted molar refractivity (Wildman–Crippen MR) is 92.4 cm³/mol. The van der Waals surface area contributed by atoms with Gasteiger partial charge >= 0.3 is 5.97 Å². The smallest absolute Gasteiger partial charge is 0.337 e. The molecule has 2 N–H and O–H groups in total. The van der Waals surface area contributed by atoms with Crippen LogP contribution in [0.1, 0.15) is 21.9 Å². The summed E-state index contributed by atoms with van der Waals surface area (Å²) in [4.78, 5) is 20.1. The van der Waals surface area contributed by atoms with Crippen LogP contribution in [0.3, 0.4) is 0 Å². The summed E-state index contributed by atoms with van der Waals surface area (Å²) in [5, 5.41) is 10.1. The number of carbonyl (C=O) groups excluding carboxylic acids is 1. The molecule has 1 aromatic carbocycles. The number of nitrogens with one attached hydrogen (secondary N) is 2. The first kappa shape index (κ1) is 16.4. The molecule has 0 fully saturated rings. The summed E-state index contributed by atoms with van der Waals surface area (Å²) in [6, 6.07) is 10.4. The molecule has 0 radical (unpaired) electrons. The second kappa shape index (κ2) is 7.00. The van der Waals surface area contributed by atoms with Crippen molar-refractivity contribution in [1.82, 2.24) is 15.1 Å². The lowest BCUT2D eigenvalue weighted by atomic mass is 10.2. The van der Waals surface area contributed by atoms with Gasteiger partial charge in [0, 0.05) is 17.8 Å². The molecule has 0 spiro atoms. The van der Waals surface area contributed by atoms with Gasteiger partial charge in [-0.2, -0.15) is 0 Å². The lowest BCUT2D eigenvalue weighted by Crippen LogP contribution is -2.03. The molecule has 8 nitrogen and oxygen atoms in total. The van der Waals surface area contributed by atoms with Crippen molar-refractivity contribution in [3.05, 3.63) is 53.5 Å². The van der Waals surface area contributed by atoms with E-state index in [2.05, 4.69) is 30.5 Å². The molecule has 0 atom stereocenters. The molecule has 25 heavy (non-hydrogen) atoms. The number of hydrogen-bond acceptors (Lipinski definition) is 8. The molecule has 3 aromatic rings. The number of aryl methyl sites for hydroxylation is 2. The van der Waals surface area contributed by atoms with E-state index in [0.717, 1.165) is 5.69 Å². The van der Waals surface area contributed by atoms with E-state index in [1.807, 2.05) is 6.92 Å². The zero-order valence-electron chi connectivity index (χ0n) is 14.0. The number of nitrogens with zero attached hydrogens (tertiary/aromatic N) is 3. The summed E-state index contributed by atoms with van der Waals surface area (Å²) < 4.78 is 9.71. The summed E-state index contributed by atoms with van der Waals surface area (Å²) in [6.45, 7) is 3.61. The van der Waals surface area contributed by atoms with Crippen molar-refractivity contribution in [3.8, 4) is 0 Å². The summed E-state index contributed by atoms with van der Waals surface area (Å²) >= 11 is 0. The number of ether oxygens (including phenoxy) is 1. The van der Waals surface area contributed by atoms with Gasteiger partial charge in [0.05, 0.1) is 12.7 Å². The predicted octanol–water partition coefficient (Wildman–Crippen LogP) is 3.36.